The zero-order valence-electron chi connectivity index (χ0n) is 8.81. The monoisotopic (exact) mass is 230 g/mol. The predicted molar refractivity (Wildman–Crippen MR) is 52.2 cm³/mol. The molecule has 5 heteroatoms. The van der Waals surface area contributed by atoms with Crippen LogP contribution in [0.1, 0.15) is 13.8 Å². The smallest absolute Gasteiger partial charge is 0.461 e. The van der Waals surface area contributed by atoms with Gasteiger partial charge in [0.1, 0.15) is 0 Å². The lowest BCUT2D eigenvalue weighted by Crippen LogP contribution is -3.00. The number of hydrogen-bond acceptors (Lipinski definition) is 2. The molecule has 84 valence electrons. The van der Waals surface area contributed by atoms with Gasteiger partial charge < -0.3 is 17.1 Å². The molecule has 1 rings (SSSR count). The number of halogens is 1. The summed E-state index contributed by atoms with van der Waals surface area (Å²) in [5.41, 5.74) is 2.55. The molecule has 0 atom stereocenters. The van der Waals surface area contributed by atoms with Crippen LogP contribution in [0.3, 0.4) is 0 Å². The van der Waals surface area contributed by atoms with E-state index >= 15 is 0 Å². The molecule has 0 spiro atoms. The molecule has 4 nitrogen and oxygen atoms in total. The minimum absolute atomic E-state index is 0. The van der Waals surface area contributed by atoms with Gasteiger partial charge in [0.15, 0.2) is 12.4 Å². The van der Waals surface area contributed by atoms with Crippen molar-refractivity contribution in [3.8, 4) is 0 Å². The van der Waals surface area contributed by atoms with Crippen molar-refractivity contribution in [1.82, 2.24) is 0 Å². The molecule has 0 saturated heterocycles. The van der Waals surface area contributed by atoms with Crippen molar-refractivity contribution in [1.29, 1.82) is 0 Å². The Hall–Kier alpha value is -1.29. The van der Waals surface area contributed by atoms with E-state index in [1.807, 2.05) is 32.0 Å². The maximum Gasteiger partial charge on any atom is 0.461 e. The fourth-order valence-corrected chi connectivity index (χ4v) is 0.853. The Morgan fingerprint density at radius 3 is 2.47 bits per heavy atom. The highest BCUT2D eigenvalue weighted by atomic mass is 35.5. The SMILES string of the molecule is CC(C)COC(=O)N[n+]1ccccc1.[Cl-]. The van der Waals surface area contributed by atoms with Crippen LogP contribution < -0.4 is 22.5 Å². The second kappa shape index (κ2) is 7.06. The average molecular weight is 231 g/mol. The Morgan fingerprint density at radius 1 is 1.33 bits per heavy atom. The molecule has 0 aliphatic heterocycles. The Morgan fingerprint density at radius 2 is 1.93 bits per heavy atom. The van der Waals surface area contributed by atoms with E-state index in [1.54, 1.807) is 17.1 Å². The Balaban J connectivity index is 0.00000196. The molecule has 0 aromatic carbocycles. The van der Waals surface area contributed by atoms with Gasteiger partial charge in [-0.15, -0.1) is 0 Å². The molecule has 0 unspecified atom stereocenters. The van der Waals surface area contributed by atoms with Crippen LogP contribution in [-0.2, 0) is 4.74 Å². The molecule has 0 aliphatic carbocycles. The van der Waals surface area contributed by atoms with Crippen LogP contribution in [-0.4, -0.2) is 12.7 Å². The lowest BCUT2D eigenvalue weighted by Gasteiger charge is -2.04. The number of hydrogen-bond donors (Lipinski definition) is 1. The summed E-state index contributed by atoms with van der Waals surface area (Å²) in [5, 5.41) is 0. The summed E-state index contributed by atoms with van der Waals surface area (Å²) in [5.74, 6) is 0.349. The third-order valence-electron chi connectivity index (χ3n) is 1.48. The highest BCUT2D eigenvalue weighted by Gasteiger charge is 2.07. The van der Waals surface area contributed by atoms with Gasteiger partial charge in [-0.3, -0.25) is 0 Å². The lowest BCUT2D eigenvalue weighted by molar-refractivity contribution is -0.642. The number of ether oxygens (including phenoxy) is 1. The van der Waals surface area contributed by atoms with Crippen molar-refractivity contribution in [3.63, 3.8) is 0 Å². The molecule has 0 fully saturated rings. The van der Waals surface area contributed by atoms with Crippen LogP contribution in [0.5, 0.6) is 0 Å². The molecular formula is C10H15ClN2O2. The summed E-state index contributed by atoms with van der Waals surface area (Å²) >= 11 is 0. The Kier molecular flexibility index (Phi) is 6.45. The lowest BCUT2D eigenvalue weighted by atomic mass is 10.2. The third-order valence-corrected chi connectivity index (χ3v) is 1.48. The predicted octanol–water partition coefficient (Wildman–Crippen LogP) is -1.69. The first-order valence-electron chi connectivity index (χ1n) is 4.58. The van der Waals surface area contributed by atoms with Gasteiger partial charge in [0.2, 0.25) is 0 Å². The summed E-state index contributed by atoms with van der Waals surface area (Å²) < 4.78 is 6.48. The topological polar surface area (TPSA) is 42.2 Å². The average Bonchev–Trinajstić information content (AvgIpc) is 2.16. The van der Waals surface area contributed by atoms with E-state index in [4.69, 9.17) is 4.74 Å². The summed E-state index contributed by atoms with van der Waals surface area (Å²) in [6, 6.07) is 5.52. The summed E-state index contributed by atoms with van der Waals surface area (Å²) in [7, 11) is 0. The van der Waals surface area contributed by atoms with Crippen LogP contribution >= 0.6 is 0 Å². The second-order valence-corrected chi connectivity index (χ2v) is 3.39. The number of nitrogens with zero attached hydrogens (tertiary/aromatic N) is 1. The normalized spacial score (nSPS) is 9.27. The summed E-state index contributed by atoms with van der Waals surface area (Å²) in [6.07, 6.45) is 3.03. The van der Waals surface area contributed by atoms with Crippen molar-refractivity contribution < 1.29 is 26.6 Å². The Bertz CT molecular complexity index is 291. The number of carbonyl (C=O) groups excluding carboxylic acids is 1. The second-order valence-electron chi connectivity index (χ2n) is 3.39. The quantitative estimate of drug-likeness (QED) is 0.630. The Labute approximate surface area is 95.6 Å². The van der Waals surface area contributed by atoms with Gasteiger partial charge in [-0.2, -0.15) is 0 Å². The van der Waals surface area contributed by atoms with Gasteiger partial charge in [-0.25, -0.2) is 4.79 Å². The molecule has 0 saturated carbocycles. The fraction of sp³-hybridized carbons (Fsp3) is 0.400. The third kappa shape index (κ3) is 5.91. The molecule has 1 amide bonds. The van der Waals surface area contributed by atoms with Crippen LogP contribution in [0, 0.1) is 5.92 Å². The van der Waals surface area contributed by atoms with Crippen LogP contribution in [0.2, 0.25) is 0 Å². The molecule has 0 aliphatic rings. The van der Waals surface area contributed by atoms with E-state index in [1.165, 1.54) is 0 Å². The van der Waals surface area contributed by atoms with Crippen molar-refractivity contribution in [2.75, 3.05) is 12.0 Å². The minimum Gasteiger partial charge on any atom is -1.00 e. The van der Waals surface area contributed by atoms with E-state index in [0.29, 0.717) is 12.5 Å². The zero-order valence-corrected chi connectivity index (χ0v) is 9.57. The first-order chi connectivity index (χ1) is 6.68. The number of pyridine rings is 1. The number of carbonyl (C=O) groups is 1. The van der Waals surface area contributed by atoms with E-state index in [0.717, 1.165) is 0 Å². The molecule has 1 heterocycles. The van der Waals surface area contributed by atoms with Gasteiger partial charge in [0, 0.05) is 12.1 Å². The zero-order chi connectivity index (χ0) is 10.4. The summed E-state index contributed by atoms with van der Waals surface area (Å²) in [4.78, 5) is 11.2. The molecule has 1 aromatic heterocycles. The van der Waals surface area contributed by atoms with Gasteiger partial charge >= 0.3 is 6.09 Å². The molecule has 0 bridgehead atoms. The van der Waals surface area contributed by atoms with E-state index < -0.39 is 6.09 Å². The first-order valence-corrected chi connectivity index (χ1v) is 4.58. The van der Waals surface area contributed by atoms with Crippen molar-refractivity contribution in [2.24, 2.45) is 5.92 Å². The van der Waals surface area contributed by atoms with Crippen LogP contribution in [0.4, 0.5) is 4.79 Å². The van der Waals surface area contributed by atoms with E-state index in [9.17, 15) is 4.79 Å². The fourth-order valence-electron chi connectivity index (χ4n) is 0.853. The van der Waals surface area contributed by atoms with Gasteiger partial charge in [-0.1, -0.05) is 30.0 Å². The van der Waals surface area contributed by atoms with E-state index in [2.05, 4.69) is 5.43 Å². The van der Waals surface area contributed by atoms with Crippen molar-refractivity contribution in [3.05, 3.63) is 30.6 Å². The molecular weight excluding hydrogens is 216 g/mol. The first kappa shape index (κ1) is 13.7. The van der Waals surface area contributed by atoms with Crippen molar-refractivity contribution >= 4 is 6.09 Å². The molecule has 1 N–H and O–H groups in total. The number of amides is 1. The van der Waals surface area contributed by atoms with Gasteiger partial charge in [-0.05, 0) is 5.92 Å². The van der Waals surface area contributed by atoms with Crippen LogP contribution in [0.25, 0.3) is 0 Å². The molecule has 1 aromatic rings. The van der Waals surface area contributed by atoms with Gasteiger partial charge in [0.25, 0.3) is 0 Å². The highest BCUT2D eigenvalue weighted by Crippen LogP contribution is 1.92. The number of aromatic nitrogens is 1. The minimum atomic E-state index is -0.435. The highest BCUT2D eigenvalue weighted by molar-refractivity contribution is 5.73. The molecule has 0 radical (unpaired) electrons. The van der Waals surface area contributed by atoms with E-state index in [-0.39, 0.29) is 12.4 Å². The molecule has 15 heavy (non-hydrogen) atoms. The van der Waals surface area contributed by atoms with Gasteiger partial charge in [0.05, 0.1) is 6.61 Å². The maximum absolute atomic E-state index is 11.2. The number of rotatable bonds is 3. The summed E-state index contributed by atoms with van der Waals surface area (Å²) in [6.45, 7) is 4.41. The maximum atomic E-state index is 11.2. The number of nitrogens with one attached hydrogen (secondary N) is 1. The van der Waals surface area contributed by atoms with Crippen LogP contribution in [0.15, 0.2) is 30.6 Å². The van der Waals surface area contributed by atoms with Crippen molar-refractivity contribution in [2.45, 2.75) is 13.8 Å². The standard InChI is InChI=1S/C10H14N2O2.ClH/c1-9(2)8-14-10(13)11-12-6-4-3-5-7-12;/h3-7,9H,8H2,1-2H3;1H. The largest absolute Gasteiger partial charge is 1.00 e.